The second-order valence-electron chi connectivity index (χ2n) is 5.54. The molecule has 0 saturated carbocycles. The maximum Gasteiger partial charge on any atom is 0.270 e. The lowest BCUT2D eigenvalue weighted by atomic mass is 10.0. The standard InChI is InChI=1S/C14H18N4O3S2/c1-8(2)5-9(7-19)15-13(22)17-14-16-11-4-3-10(18(20)21)6-12(11)23-14/h3-4,6,8-9,19H,5,7H2,1-2H3,(H2,15,16,17,22). The summed E-state index contributed by atoms with van der Waals surface area (Å²) in [6.45, 7) is 4.13. The van der Waals surface area contributed by atoms with E-state index in [1.54, 1.807) is 6.07 Å². The Morgan fingerprint density at radius 1 is 1.52 bits per heavy atom. The topological polar surface area (TPSA) is 100 Å². The second kappa shape index (κ2) is 7.62. The lowest BCUT2D eigenvalue weighted by molar-refractivity contribution is -0.384. The van der Waals surface area contributed by atoms with E-state index in [9.17, 15) is 15.2 Å². The molecule has 3 N–H and O–H groups in total. The van der Waals surface area contributed by atoms with Crippen LogP contribution in [-0.4, -0.2) is 32.8 Å². The number of thiocarbonyl (C=S) groups is 1. The Balaban J connectivity index is 2.06. The minimum atomic E-state index is -0.434. The number of aliphatic hydroxyl groups excluding tert-OH is 1. The van der Waals surface area contributed by atoms with Crippen molar-refractivity contribution in [2.75, 3.05) is 11.9 Å². The number of thiazole rings is 1. The molecule has 0 spiro atoms. The number of hydrogen-bond acceptors (Lipinski definition) is 6. The molecule has 1 heterocycles. The Kier molecular flexibility index (Phi) is 5.80. The molecule has 1 aromatic carbocycles. The van der Waals surface area contributed by atoms with Crippen molar-refractivity contribution in [3.63, 3.8) is 0 Å². The first-order chi connectivity index (χ1) is 10.9. The minimum absolute atomic E-state index is 0.00790. The van der Waals surface area contributed by atoms with Crippen LogP contribution in [0.1, 0.15) is 20.3 Å². The summed E-state index contributed by atoms with van der Waals surface area (Å²) in [5.74, 6) is 0.436. The van der Waals surface area contributed by atoms with Crippen LogP contribution in [0, 0.1) is 16.0 Å². The summed E-state index contributed by atoms with van der Waals surface area (Å²) in [4.78, 5) is 14.7. The van der Waals surface area contributed by atoms with Crippen LogP contribution in [0.3, 0.4) is 0 Å². The van der Waals surface area contributed by atoms with Crippen molar-refractivity contribution in [3.05, 3.63) is 28.3 Å². The maximum absolute atomic E-state index is 10.8. The predicted octanol–water partition coefficient (Wildman–Crippen LogP) is 2.90. The van der Waals surface area contributed by atoms with Crippen molar-refractivity contribution in [1.82, 2.24) is 10.3 Å². The fourth-order valence-corrected chi connectivity index (χ4v) is 3.38. The quantitative estimate of drug-likeness (QED) is 0.416. The number of hydrogen-bond donors (Lipinski definition) is 3. The largest absolute Gasteiger partial charge is 0.394 e. The van der Waals surface area contributed by atoms with Gasteiger partial charge in [-0.05, 0) is 30.6 Å². The lowest BCUT2D eigenvalue weighted by Crippen LogP contribution is -2.40. The third kappa shape index (κ3) is 4.81. The number of benzene rings is 1. The normalized spacial score (nSPS) is 12.3. The van der Waals surface area contributed by atoms with Crippen LogP contribution in [-0.2, 0) is 0 Å². The molecule has 23 heavy (non-hydrogen) atoms. The van der Waals surface area contributed by atoms with Crippen molar-refractivity contribution < 1.29 is 10.0 Å². The number of aromatic nitrogens is 1. The van der Waals surface area contributed by atoms with E-state index in [-0.39, 0.29) is 18.3 Å². The molecule has 0 saturated heterocycles. The number of aliphatic hydroxyl groups is 1. The van der Waals surface area contributed by atoms with Gasteiger partial charge < -0.3 is 15.7 Å². The molecule has 9 heteroatoms. The molecule has 2 rings (SSSR count). The third-order valence-corrected chi connectivity index (χ3v) is 4.27. The van der Waals surface area contributed by atoms with Gasteiger partial charge in [0.25, 0.3) is 5.69 Å². The van der Waals surface area contributed by atoms with E-state index in [0.29, 0.717) is 26.4 Å². The van der Waals surface area contributed by atoms with Crippen LogP contribution in [0.15, 0.2) is 18.2 Å². The Hall–Kier alpha value is -1.84. The van der Waals surface area contributed by atoms with Crippen LogP contribution in [0.4, 0.5) is 10.8 Å². The molecular weight excluding hydrogens is 336 g/mol. The van der Waals surface area contributed by atoms with Gasteiger partial charge in [-0.1, -0.05) is 25.2 Å². The summed E-state index contributed by atoms with van der Waals surface area (Å²) in [6.07, 6.45) is 0.796. The number of nitrogens with one attached hydrogen (secondary N) is 2. The molecule has 0 aliphatic carbocycles. The highest BCUT2D eigenvalue weighted by Gasteiger charge is 2.13. The van der Waals surface area contributed by atoms with E-state index >= 15 is 0 Å². The number of rotatable bonds is 6. The number of nitrogens with zero attached hydrogens (tertiary/aromatic N) is 2. The SMILES string of the molecule is CC(C)CC(CO)NC(=S)Nc1nc2ccc([N+](=O)[O-])cc2s1. The zero-order valence-electron chi connectivity index (χ0n) is 12.8. The van der Waals surface area contributed by atoms with Gasteiger partial charge in [-0.2, -0.15) is 0 Å². The van der Waals surface area contributed by atoms with E-state index in [1.165, 1.54) is 23.5 Å². The highest BCUT2D eigenvalue weighted by molar-refractivity contribution is 7.80. The highest BCUT2D eigenvalue weighted by atomic mass is 32.1. The van der Waals surface area contributed by atoms with Crippen LogP contribution in [0.2, 0.25) is 0 Å². The van der Waals surface area contributed by atoms with Gasteiger partial charge in [0.15, 0.2) is 10.2 Å². The van der Waals surface area contributed by atoms with Gasteiger partial charge in [0.05, 0.1) is 27.8 Å². The molecular formula is C14H18N4O3S2. The summed E-state index contributed by atoms with van der Waals surface area (Å²) in [5.41, 5.74) is 0.706. The summed E-state index contributed by atoms with van der Waals surface area (Å²) < 4.78 is 0.713. The molecule has 0 aliphatic rings. The lowest BCUT2D eigenvalue weighted by Gasteiger charge is -2.19. The van der Waals surface area contributed by atoms with Gasteiger partial charge in [-0.15, -0.1) is 0 Å². The average Bonchev–Trinajstić information content (AvgIpc) is 2.86. The molecule has 0 bridgehead atoms. The predicted molar refractivity (Wildman–Crippen MR) is 96.0 cm³/mol. The number of nitro benzene ring substituents is 1. The van der Waals surface area contributed by atoms with Crippen LogP contribution in [0.25, 0.3) is 10.2 Å². The zero-order chi connectivity index (χ0) is 17.0. The fourth-order valence-electron chi connectivity index (χ4n) is 2.15. The molecule has 0 amide bonds. The number of fused-ring (bicyclic) bond motifs is 1. The fraction of sp³-hybridized carbons (Fsp3) is 0.429. The molecule has 0 aliphatic heterocycles. The molecule has 0 radical (unpaired) electrons. The highest BCUT2D eigenvalue weighted by Crippen LogP contribution is 2.29. The molecule has 0 fully saturated rings. The molecule has 1 aromatic heterocycles. The van der Waals surface area contributed by atoms with Gasteiger partial charge in [0, 0.05) is 12.1 Å². The Bertz CT molecular complexity index is 717. The monoisotopic (exact) mass is 354 g/mol. The van der Waals surface area contributed by atoms with Crippen molar-refractivity contribution in [1.29, 1.82) is 0 Å². The van der Waals surface area contributed by atoms with Crippen LogP contribution < -0.4 is 10.6 Å². The van der Waals surface area contributed by atoms with Crippen molar-refractivity contribution in [3.8, 4) is 0 Å². The smallest absolute Gasteiger partial charge is 0.270 e. The van der Waals surface area contributed by atoms with Crippen LogP contribution in [0.5, 0.6) is 0 Å². The summed E-state index contributed by atoms with van der Waals surface area (Å²) in [7, 11) is 0. The first kappa shape index (κ1) is 17.5. The summed E-state index contributed by atoms with van der Waals surface area (Å²) in [5, 5.41) is 27.1. The van der Waals surface area contributed by atoms with Gasteiger partial charge >= 0.3 is 0 Å². The maximum atomic E-state index is 10.8. The van der Waals surface area contributed by atoms with E-state index in [0.717, 1.165) is 6.42 Å². The van der Waals surface area contributed by atoms with Crippen molar-refractivity contribution in [2.24, 2.45) is 5.92 Å². The van der Waals surface area contributed by atoms with E-state index in [2.05, 4.69) is 29.5 Å². The second-order valence-corrected chi connectivity index (χ2v) is 6.97. The number of non-ortho nitro benzene ring substituents is 1. The van der Waals surface area contributed by atoms with Gasteiger partial charge in [-0.25, -0.2) is 4.98 Å². The first-order valence-electron chi connectivity index (χ1n) is 7.12. The average molecular weight is 354 g/mol. The molecule has 1 unspecified atom stereocenters. The van der Waals surface area contributed by atoms with Gasteiger partial charge in [0.1, 0.15) is 0 Å². The Morgan fingerprint density at radius 3 is 2.87 bits per heavy atom. The molecule has 7 nitrogen and oxygen atoms in total. The molecule has 2 aromatic rings. The number of nitro groups is 1. The van der Waals surface area contributed by atoms with E-state index < -0.39 is 4.92 Å². The van der Waals surface area contributed by atoms with Crippen molar-refractivity contribution in [2.45, 2.75) is 26.3 Å². The van der Waals surface area contributed by atoms with Crippen molar-refractivity contribution >= 4 is 49.7 Å². The van der Waals surface area contributed by atoms with Crippen LogP contribution >= 0.6 is 23.6 Å². The molecule has 1 atom stereocenters. The third-order valence-electron chi connectivity index (χ3n) is 3.11. The zero-order valence-corrected chi connectivity index (χ0v) is 14.4. The summed E-state index contributed by atoms with van der Waals surface area (Å²) in [6, 6.07) is 4.41. The molecule has 124 valence electrons. The Morgan fingerprint density at radius 2 is 2.26 bits per heavy atom. The van der Waals surface area contributed by atoms with E-state index in [1.807, 2.05) is 0 Å². The van der Waals surface area contributed by atoms with E-state index in [4.69, 9.17) is 12.2 Å². The first-order valence-corrected chi connectivity index (χ1v) is 8.35. The van der Waals surface area contributed by atoms with Gasteiger partial charge in [0.2, 0.25) is 0 Å². The summed E-state index contributed by atoms with van der Waals surface area (Å²) >= 11 is 6.52. The van der Waals surface area contributed by atoms with Gasteiger partial charge in [-0.3, -0.25) is 10.1 Å². The number of anilines is 1. The minimum Gasteiger partial charge on any atom is -0.394 e. The Labute approximate surface area is 142 Å².